The zero-order valence-electron chi connectivity index (χ0n) is 13.2. The van der Waals surface area contributed by atoms with Crippen LogP contribution in [-0.4, -0.2) is 20.3 Å². The summed E-state index contributed by atoms with van der Waals surface area (Å²) in [6.07, 6.45) is 6.25. The van der Waals surface area contributed by atoms with Gasteiger partial charge in [0, 0.05) is 12.1 Å². The Morgan fingerprint density at radius 2 is 1.85 bits per heavy atom. The lowest BCUT2D eigenvalue weighted by Gasteiger charge is -2.15. The molecule has 0 amide bonds. The monoisotopic (exact) mass is 279 g/mol. The molecule has 1 N–H and O–H groups in total. The van der Waals surface area contributed by atoms with Crippen molar-refractivity contribution >= 4 is 0 Å². The van der Waals surface area contributed by atoms with Gasteiger partial charge in [0.05, 0.1) is 13.7 Å². The van der Waals surface area contributed by atoms with Gasteiger partial charge in [0.1, 0.15) is 0 Å². The van der Waals surface area contributed by atoms with Crippen molar-refractivity contribution in [2.24, 2.45) is 0 Å². The van der Waals surface area contributed by atoms with Crippen molar-refractivity contribution in [1.29, 1.82) is 0 Å². The number of rotatable bonds is 11. The van der Waals surface area contributed by atoms with Crippen LogP contribution in [0, 0.1) is 0 Å². The fourth-order valence-corrected chi connectivity index (χ4v) is 2.16. The van der Waals surface area contributed by atoms with E-state index in [1.54, 1.807) is 7.11 Å². The Hall–Kier alpha value is -1.22. The van der Waals surface area contributed by atoms with E-state index in [0.717, 1.165) is 37.6 Å². The van der Waals surface area contributed by atoms with Gasteiger partial charge < -0.3 is 14.8 Å². The van der Waals surface area contributed by atoms with Gasteiger partial charge in [-0.05, 0) is 19.0 Å². The number of hydrogen-bond donors (Lipinski definition) is 1. The van der Waals surface area contributed by atoms with Gasteiger partial charge in [0.15, 0.2) is 11.5 Å². The van der Waals surface area contributed by atoms with Gasteiger partial charge in [-0.1, -0.05) is 51.7 Å². The van der Waals surface area contributed by atoms with Gasteiger partial charge in [0.25, 0.3) is 0 Å². The summed E-state index contributed by atoms with van der Waals surface area (Å²) in [7, 11) is 1.69. The first kappa shape index (κ1) is 16.8. The lowest BCUT2D eigenvalue weighted by molar-refractivity contribution is 0.281. The minimum absolute atomic E-state index is 0.767. The topological polar surface area (TPSA) is 30.5 Å². The Labute approximate surface area is 123 Å². The Morgan fingerprint density at radius 1 is 1.05 bits per heavy atom. The van der Waals surface area contributed by atoms with Crippen molar-refractivity contribution in [2.45, 2.75) is 52.5 Å². The fraction of sp³-hybridized carbons (Fsp3) is 0.647. The highest BCUT2D eigenvalue weighted by molar-refractivity contribution is 5.46. The number of nitrogens with one attached hydrogen (secondary N) is 1. The summed E-state index contributed by atoms with van der Waals surface area (Å²) in [5, 5.41) is 3.34. The minimum Gasteiger partial charge on any atom is -0.493 e. The van der Waals surface area contributed by atoms with E-state index in [-0.39, 0.29) is 0 Å². The molecule has 0 fully saturated rings. The number of hydrogen-bond acceptors (Lipinski definition) is 3. The molecule has 0 radical (unpaired) electrons. The van der Waals surface area contributed by atoms with Crippen molar-refractivity contribution in [3.05, 3.63) is 23.8 Å². The molecule has 0 saturated carbocycles. The van der Waals surface area contributed by atoms with E-state index in [4.69, 9.17) is 9.47 Å². The summed E-state index contributed by atoms with van der Waals surface area (Å²) < 4.78 is 11.4. The molecule has 0 unspecified atom stereocenters. The lowest BCUT2D eigenvalue weighted by atomic mass is 10.1. The molecule has 0 aliphatic heterocycles. The van der Waals surface area contributed by atoms with Crippen LogP contribution in [-0.2, 0) is 6.54 Å². The lowest BCUT2D eigenvalue weighted by Crippen LogP contribution is -2.13. The Bertz CT molecular complexity index is 366. The van der Waals surface area contributed by atoms with E-state index in [0.29, 0.717) is 0 Å². The highest BCUT2D eigenvalue weighted by Gasteiger charge is 2.09. The maximum atomic E-state index is 5.97. The molecule has 0 atom stereocenters. The quantitative estimate of drug-likeness (QED) is 0.617. The van der Waals surface area contributed by atoms with Gasteiger partial charge in [-0.15, -0.1) is 0 Å². The first-order chi connectivity index (χ1) is 9.83. The Morgan fingerprint density at radius 3 is 2.55 bits per heavy atom. The van der Waals surface area contributed by atoms with Crippen LogP contribution in [0.15, 0.2) is 18.2 Å². The summed E-state index contributed by atoms with van der Waals surface area (Å²) in [4.78, 5) is 0. The summed E-state index contributed by atoms with van der Waals surface area (Å²) in [5.41, 5.74) is 1.17. The second kappa shape index (κ2) is 10.6. The Kier molecular flexibility index (Phi) is 8.88. The molecular formula is C17H29NO2. The van der Waals surface area contributed by atoms with E-state index in [1.165, 1.54) is 31.2 Å². The highest BCUT2D eigenvalue weighted by Crippen LogP contribution is 2.31. The zero-order valence-corrected chi connectivity index (χ0v) is 13.2. The first-order valence-electron chi connectivity index (χ1n) is 7.82. The number of methoxy groups -OCH3 is 1. The third-order valence-electron chi connectivity index (χ3n) is 3.34. The van der Waals surface area contributed by atoms with Gasteiger partial charge in [0.2, 0.25) is 0 Å². The van der Waals surface area contributed by atoms with Crippen LogP contribution in [0.5, 0.6) is 11.5 Å². The minimum atomic E-state index is 0.767. The first-order valence-corrected chi connectivity index (χ1v) is 7.82. The number of para-hydroxylation sites is 1. The normalized spacial score (nSPS) is 10.6. The molecule has 0 aliphatic carbocycles. The largest absolute Gasteiger partial charge is 0.493 e. The summed E-state index contributed by atoms with van der Waals surface area (Å²) in [5.74, 6) is 1.72. The van der Waals surface area contributed by atoms with Gasteiger partial charge in [-0.25, -0.2) is 0 Å². The molecule has 0 heterocycles. The molecule has 0 saturated heterocycles. The standard InChI is InChI=1S/C17H29NO2/c1-4-6-7-8-9-13-20-17-15(14-18-5-2)11-10-12-16(17)19-3/h10-12,18H,4-9,13-14H2,1-3H3. The molecule has 0 aromatic heterocycles. The summed E-state index contributed by atoms with van der Waals surface area (Å²) in [6, 6.07) is 6.07. The Balaban J connectivity index is 2.52. The average Bonchev–Trinajstić information content (AvgIpc) is 2.49. The smallest absolute Gasteiger partial charge is 0.165 e. The molecule has 1 aromatic carbocycles. The van der Waals surface area contributed by atoms with Crippen LogP contribution < -0.4 is 14.8 Å². The van der Waals surface area contributed by atoms with Crippen molar-refractivity contribution in [3.8, 4) is 11.5 Å². The van der Waals surface area contributed by atoms with E-state index >= 15 is 0 Å². The highest BCUT2D eigenvalue weighted by atomic mass is 16.5. The van der Waals surface area contributed by atoms with E-state index in [1.807, 2.05) is 12.1 Å². The van der Waals surface area contributed by atoms with Gasteiger partial charge in [-0.3, -0.25) is 0 Å². The molecule has 0 bridgehead atoms. The van der Waals surface area contributed by atoms with Crippen LogP contribution >= 0.6 is 0 Å². The summed E-state index contributed by atoms with van der Waals surface area (Å²) >= 11 is 0. The number of ether oxygens (including phenoxy) is 2. The van der Waals surface area contributed by atoms with E-state index < -0.39 is 0 Å². The predicted molar refractivity (Wildman–Crippen MR) is 84.6 cm³/mol. The molecule has 0 spiro atoms. The SMILES string of the molecule is CCCCCCCOc1c(CNCC)cccc1OC. The van der Waals surface area contributed by atoms with Crippen LogP contribution in [0.1, 0.15) is 51.5 Å². The second-order valence-corrected chi connectivity index (χ2v) is 4.99. The van der Waals surface area contributed by atoms with Gasteiger partial charge in [-0.2, -0.15) is 0 Å². The van der Waals surface area contributed by atoms with Crippen molar-refractivity contribution in [1.82, 2.24) is 5.32 Å². The molecule has 20 heavy (non-hydrogen) atoms. The van der Waals surface area contributed by atoms with Crippen LogP contribution in [0.25, 0.3) is 0 Å². The molecule has 1 aromatic rings. The van der Waals surface area contributed by atoms with Gasteiger partial charge >= 0.3 is 0 Å². The third kappa shape index (κ3) is 5.83. The molecule has 0 aliphatic rings. The molecule has 3 heteroatoms. The zero-order chi connectivity index (χ0) is 14.6. The van der Waals surface area contributed by atoms with Crippen LogP contribution in [0.3, 0.4) is 0 Å². The molecule has 1 rings (SSSR count). The third-order valence-corrected chi connectivity index (χ3v) is 3.34. The van der Waals surface area contributed by atoms with Crippen molar-refractivity contribution in [3.63, 3.8) is 0 Å². The van der Waals surface area contributed by atoms with E-state index in [9.17, 15) is 0 Å². The maximum absolute atomic E-state index is 5.97. The second-order valence-electron chi connectivity index (χ2n) is 4.99. The van der Waals surface area contributed by atoms with Crippen LogP contribution in [0.2, 0.25) is 0 Å². The van der Waals surface area contributed by atoms with Crippen molar-refractivity contribution in [2.75, 3.05) is 20.3 Å². The van der Waals surface area contributed by atoms with E-state index in [2.05, 4.69) is 25.2 Å². The number of benzene rings is 1. The maximum Gasteiger partial charge on any atom is 0.165 e. The van der Waals surface area contributed by atoms with Crippen molar-refractivity contribution < 1.29 is 9.47 Å². The summed E-state index contributed by atoms with van der Waals surface area (Å²) in [6.45, 7) is 6.88. The average molecular weight is 279 g/mol. The molecule has 114 valence electrons. The predicted octanol–water partition coefficient (Wildman–Crippen LogP) is 4.15. The number of unbranched alkanes of at least 4 members (excludes halogenated alkanes) is 4. The molecule has 3 nitrogen and oxygen atoms in total. The van der Waals surface area contributed by atoms with Crippen LogP contribution in [0.4, 0.5) is 0 Å². The molecular weight excluding hydrogens is 250 g/mol. The fourth-order valence-electron chi connectivity index (χ4n) is 2.16.